The second kappa shape index (κ2) is 16.6. The molecule has 2 nitrogen and oxygen atoms in total. The van der Waals surface area contributed by atoms with Crippen molar-refractivity contribution < 1.29 is 9.90 Å². The van der Waals surface area contributed by atoms with Crippen LogP contribution in [0.25, 0.3) is 0 Å². The topological polar surface area (TPSA) is 37.3 Å². The van der Waals surface area contributed by atoms with E-state index in [-0.39, 0.29) is 0 Å². The van der Waals surface area contributed by atoms with Crippen LogP contribution in [0.1, 0.15) is 104 Å². The van der Waals surface area contributed by atoms with E-state index in [0.29, 0.717) is 6.42 Å². The molecule has 0 amide bonds. The van der Waals surface area contributed by atoms with E-state index < -0.39 is 5.97 Å². The van der Waals surface area contributed by atoms with Crippen molar-refractivity contribution in [3.05, 3.63) is 12.2 Å². The maximum atomic E-state index is 10.4. The highest BCUT2D eigenvalue weighted by molar-refractivity contribution is 5.66. The average Bonchev–Trinajstić information content (AvgIpc) is 2.49. The van der Waals surface area contributed by atoms with Gasteiger partial charge in [0, 0.05) is 6.42 Å². The van der Waals surface area contributed by atoms with E-state index in [1.54, 1.807) is 0 Å². The highest BCUT2D eigenvalue weighted by Crippen LogP contribution is 2.15. The van der Waals surface area contributed by atoms with Crippen LogP contribution in [-0.2, 0) is 4.79 Å². The minimum Gasteiger partial charge on any atom is -0.481 e. The molecule has 0 aliphatic heterocycles. The fourth-order valence-corrected chi connectivity index (χ4v) is 2.75. The third kappa shape index (κ3) is 17.3. The van der Waals surface area contributed by atoms with Crippen molar-refractivity contribution in [3.63, 3.8) is 0 Å². The Morgan fingerprint density at radius 3 is 2.18 bits per heavy atom. The third-order valence-corrected chi connectivity index (χ3v) is 4.30. The number of carboxylic acid groups (broad SMARTS) is 1. The van der Waals surface area contributed by atoms with Gasteiger partial charge in [-0.2, -0.15) is 0 Å². The molecule has 0 aliphatic carbocycles. The number of unbranched alkanes of at least 4 members (excludes halogenated alkanes) is 8. The van der Waals surface area contributed by atoms with E-state index >= 15 is 0 Å². The second-order valence-corrected chi connectivity index (χ2v) is 6.70. The molecule has 0 radical (unpaired) electrons. The molecule has 0 saturated carbocycles. The minimum atomic E-state index is -0.666. The van der Waals surface area contributed by atoms with Crippen molar-refractivity contribution in [1.82, 2.24) is 0 Å². The lowest BCUT2D eigenvalue weighted by Gasteiger charge is -2.08. The van der Waals surface area contributed by atoms with Crippen LogP contribution < -0.4 is 0 Å². The van der Waals surface area contributed by atoms with Crippen LogP contribution >= 0.6 is 0 Å². The van der Waals surface area contributed by atoms with Crippen LogP contribution in [0.4, 0.5) is 0 Å². The lowest BCUT2D eigenvalue weighted by Crippen LogP contribution is -1.97. The summed E-state index contributed by atoms with van der Waals surface area (Å²) in [5, 5.41) is 8.59. The number of rotatable bonds is 16. The zero-order valence-electron chi connectivity index (χ0n) is 15.0. The van der Waals surface area contributed by atoms with Gasteiger partial charge in [-0.3, -0.25) is 4.79 Å². The number of allylic oxidation sites excluding steroid dienone is 2. The van der Waals surface area contributed by atoms with Gasteiger partial charge in [0.25, 0.3) is 0 Å². The van der Waals surface area contributed by atoms with Crippen molar-refractivity contribution in [2.24, 2.45) is 5.92 Å². The van der Waals surface area contributed by atoms with Gasteiger partial charge >= 0.3 is 5.97 Å². The van der Waals surface area contributed by atoms with Gasteiger partial charge in [0.15, 0.2) is 0 Å². The summed E-state index contributed by atoms with van der Waals surface area (Å²) in [7, 11) is 0. The molecule has 1 N–H and O–H groups in total. The summed E-state index contributed by atoms with van der Waals surface area (Å²) in [6.45, 7) is 4.55. The molecule has 1 atom stereocenters. The molecule has 0 heterocycles. The minimum absolute atomic E-state index is 0.324. The molecule has 22 heavy (non-hydrogen) atoms. The largest absolute Gasteiger partial charge is 0.481 e. The van der Waals surface area contributed by atoms with Gasteiger partial charge in [0.05, 0.1) is 0 Å². The van der Waals surface area contributed by atoms with Crippen molar-refractivity contribution in [1.29, 1.82) is 0 Å². The fraction of sp³-hybridized carbons (Fsp3) is 0.850. The average molecular weight is 311 g/mol. The number of aliphatic carboxylic acids is 1. The van der Waals surface area contributed by atoms with E-state index in [0.717, 1.165) is 18.8 Å². The summed E-state index contributed by atoms with van der Waals surface area (Å²) in [5.41, 5.74) is 0. The van der Waals surface area contributed by atoms with Crippen molar-refractivity contribution in [2.45, 2.75) is 104 Å². The zero-order chi connectivity index (χ0) is 16.5. The zero-order valence-corrected chi connectivity index (χ0v) is 15.0. The normalized spacial score (nSPS) is 12.8. The lowest BCUT2D eigenvalue weighted by molar-refractivity contribution is -0.137. The van der Waals surface area contributed by atoms with Crippen molar-refractivity contribution in [2.75, 3.05) is 0 Å². The molecule has 0 bridgehead atoms. The van der Waals surface area contributed by atoms with Crippen molar-refractivity contribution >= 4 is 5.97 Å². The Bertz CT molecular complexity index is 271. The van der Waals surface area contributed by atoms with Crippen LogP contribution in [0.15, 0.2) is 12.2 Å². The SMILES string of the molecule is CCCCCCCCCC=CCCC(C)CCCCC(=O)O. The first-order valence-electron chi connectivity index (χ1n) is 9.53. The summed E-state index contributed by atoms with van der Waals surface area (Å²) in [4.78, 5) is 10.4. The van der Waals surface area contributed by atoms with E-state index in [2.05, 4.69) is 26.0 Å². The Morgan fingerprint density at radius 1 is 0.864 bits per heavy atom. The second-order valence-electron chi connectivity index (χ2n) is 6.70. The Labute approximate surface area is 138 Å². The highest BCUT2D eigenvalue weighted by Gasteiger charge is 2.02. The van der Waals surface area contributed by atoms with E-state index in [1.807, 2.05) is 0 Å². The molecule has 0 rings (SSSR count). The standard InChI is InChI=1S/C20H38O2/c1-3-4-5-6-7-8-9-10-11-12-13-16-19(2)17-14-15-18-20(21)22/h11-12,19H,3-10,13-18H2,1-2H3,(H,21,22). The maximum Gasteiger partial charge on any atom is 0.303 e. The first kappa shape index (κ1) is 21.2. The Balaban J connectivity index is 3.26. The molecule has 0 fully saturated rings. The quantitative estimate of drug-likeness (QED) is 0.253. The molecule has 0 saturated heterocycles. The molecule has 1 unspecified atom stereocenters. The van der Waals surface area contributed by atoms with Gasteiger partial charge in [-0.25, -0.2) is 0 Å². The summed E-state index contributed by atoms with van der Waals surface area (Å²) >= 11 is 0. The molecule has 0 aromatic heterocycles. The number of hydrogen-bond donors (Lipinski definition) is 1. The number of carboxylic acids is 1. The van der Waals surface area contributed by atoms with Crippen LogP contribution in [0.3, 0.4) is 0 Å². The number of hydrogen-bond acceptors (Lipinski definition) is 1. The molecular formula is C20H38O2. The fourth-order valence-electron chi connectivity index (χ4n) is 2.75. The van der Waals surface area contributed by atoms with Gasteiger partial charge in [-0.05, 0) is 38.0 Å². The molecule has 2 heteroatoms. The van der Waals surface area contributed by atoms with E-state index in [1.165, 1.54) is 70.6 Å². The Morgan fingerprint density at radius 2 is 1.50 bits per heavy atom. The summed E-state index contributed by atoms with van der Waals surface area (Å²) in [6, 6.07) is 0. The van der Waals surface area contributed by atoms with Gasteiger partial charge in [-0.15, -0.1) is 0 Å². The maximum absolute atomic E-state index is 10.4. The molecule has 130 valence electrons. The third-order valence-electron chi connectivity index (χ3n) is 4.30. The predicted octanol–water partition coefficient (Wildman–Crippen LogP) is 6.74. The molecule has 0 spiro atoms. The summed E-state index contributed by atoms with van der Waals surface area (Å²) in [6.07, 6.45) is 21.4. The number of carbonyl (C=O) groups is 1. The predicted molar refractivity (Wildman–Crippen MR) is 96.3 cm³/mol. The molecule has 0 aromatic rings. The Kier molecular flexibility index (Phi) is 16.0. The first-order chi connectivity index (χ1) is 10.7. The smallest absolute Gasteiger partial charge is 0.303 e. The first-order valence-corrected chi connectivity index (χ1v) is 9.53. The van der Waals surface area contributed by atoms with Crippen LogP contribution in [-0.4, -0.2) is 11.1 Å². The van der Waals surface area contributed by atoms with Crippen molar-refractivity contribution in [3.8, 4) is 0 Å². The van der Waals surface area contributed by atoms with E-state index in [9.17, 15) is 4.79 Å². The summed E-state index contributed by atoms with van der Waals surface area (Å²) < 4.78 is 0. The van der Waals surface area contributed by atoms with Gasteiger partial charge in [0.1, 0.15) is 0 Å². The molecular weight excluding hydrogens is 272 g/mol. The monoisotopic (exact) mass is 310 g/mol. The van der Waals surface area contributed by atoms with Crippen LogP contribution in [0, 0.1) is 5.92 Å². The van der Waals surface area contributed by atoms with Gasteiger partial charge in [-0.1, -0.05) is 77.4 Å². The molecule has 0 aliphatic rings. The Hall–Kier alpha value is -0.790. The summed E-state index contributed by atoms with van der Waals surface area (Å²) in [5.74, 6) is 0.0537. The van der Waals surface area contributed by atoms with Gasteiger partial charge < -0.3 is 5.11 Å². The molecule has 0 aromatic carbocycles. The van der Waals surface area contributed by atoms with E-state index in [4.69, 9.17) is 5.11 Å². The van der Waals surface area contributed by atoms with Crippen LogP contribution in [0.2, 0.25) is 0 Å². The highest BCUT2D eigenvalue weighted by atomic mass is 16.4. The van der Waals surface area contributed by atoms with Gasteiger partial charge in [0.2, 0.25) is 0 Å². The van der Waals surface area contributed by atoms with Crippen LogP contribution in [0.5, 0.6) is 0 Å². The lowest BCUT2D eigenvalue weighted by atomic mass is 9.98.